The molecule has 0 spiro atoms. The molecule has 0 atom stereocenters. The fourth-order valence-corrected chi connectivity index (χ4v) is 8.39. The quantitative estimate of drug-likeness (QED) is 0.172. The largest absolute Gasteiger partial charge is 0.308 e. The molecule has 0 unspecified atom stereocenters. The van der Waals surface area contributed by atoms with Gasteiger partial charge in [-0.15, -0.1) is 0 Å². The van der Waals surface area contributed by atoms with E-state index < -0.39 is 0 Å². The van der Waals surface area contributed by atoms with E-state index in [-0.39, 0.29) is 0 Å². The van der Waals surface area contributed by atoms with Crippen LogP contribution in [-0.4, -0.2) is 24.1 Å². The van der Waals surface area contributed by atoms with Gasteiger partial charge in [-0.05, 0) is 58.7 Å². The number of para-hydroxylation sites is 4. The zero-order chi connectivity index (χ0) is 37.0. The van der Waals surface area contributed by atoms with Gasteiger partial charge in [-0.2, -0.15) is 9.97 Å². The molecule has 0 radical (unpaired) electrons. The van der Waals surface area contributed by atoms with E-state index >= 15 is 0 Å². The van der Waals surface area contributed by atoms with Crippen LogP contribution >= 0.6 is 0 Å². The van der Waals surface area contributed by atoms with Crippen molar-refractivity contribution in [3.63, 3.8) is 0 Å². The molecule has 0 aliphatic rings. The van der Waals surface area contributed by atoms with Gasteiger partial charge in [0.05, 0.1) is 27.8 Å². The van der Waals surface area contributed by atoms with E-state index in [1.54, 1.807) is 0 Å². The Morgan fingerprint density at radius 1 is 0.286 bits per heavy atom. The van der Waals surface area contributed by atoms with E-state index in [9.17, 15) is 0 Å². The van der Waals surface area contributed by atoms with Crippen molar-refractivity contribution in [2.24, 2.45) is 0 Å². The average Bonchev–Trinajstić information content (AvgIpc) is 3.80. The van der Waals surface area contributed by atoms with Crippen LogP contribution in [-0.2, 0) is 0 Å². The van der Waals surface area contributed by atoms with Crippen LogP contribution in [0, 0.1) is 0 Å². The van der Waals surface area contributed by atoms with E-state index in [1.165, 1.54) is 21.9 Å². The summed E-state index contributed by atoms with van der Waals surface area (Å²) in [5, 5.41) is 4.70. The minimum Gasteiger partial charge on any atom is -0.308 e. The van der Waals surface area contributed by atoms with Crippen molar-refractivity contribution < 1.29 is 0 Å². The van der Waals surface area contributed by atoms with Gasteiger partial charge in [0.2, 0.25) is 5.95 Å². The first-order valence-corrected chi connectivity index (χ1v) is 18.9. The maximum atomic E-state index is 5.40. The van der Waals surface area contributed by atoms with Crippen molar-refractivity contribution in [2.75, 3.05) is 0 Å². The topological polar surface area (TPSA) is 48.5 Å². The molecule has 11 rings (SSSR count). The van der Waals surface area contributed by atoms with Gasteiger partial charge in [-0.25, -0.2) is 4.98 Å². The number of rotatable bonds is 6. The summed E-state index contributed by atoms with van der Waals surface area (Å²) in [5.41, 5.74) is 11.7. The maximum absolute atomic E-state index is 5.40. The van der Waals surface area contributed by atoms with Gasteiger partial charge in [-0.1, -0.05) is 164 Å². The molecule has 5 heteroatoms. The van der Waals surface area contributed by atoms with E-state index in [0.29, 0.717) is 17.6 Å². The minimum absolute atomic E-state index is 0.564. The molecular weight excluding hydrogens is 683 g/mol. The summed E-state index contributed by atoms with van der Waals surface area (Å²) in [5.74, 6) is 1.76. The second kappa shape index (κ2) is 13.0. The van der Waals surface area contributed by atoms with E-state index in [4.69, 9.17) is 15.0 Å². The molecule has 0 amide bonds. The average molecular weight is 716 g/mol. The van der Waals surface area contributed by atoms with Crippen LogP contribution in [0.2, 0.25) is 0 Å². The summed E-state index contributed by atoms with van der Waals surface area (Å²) in [6.45, 7) is 0. The summed E-state index contributed by atoms with van der Waals surface area (Å²) < 4.78 is 4.55. The molecular formula is C51H33N5. The molecule has 3 aromatic heterocycles. The zero-order valence-electron chi connectivity index (χ0n) is 30.3. The van der Waals surface area contributed by atoms with Gasteiger partial charge >= 0.3 is 0 Å². The first kappa shape index (κ1) is 31.9. The number of aromatic nitrogens is 5. The third-order valence-corrected chi connectivity index (χ3v) is 10.8. The summed E-state index contributed by atoms with van der Waals surface area (Å²) in [4.78, 5) is 16.1. The van der Waals surface area contributed by atoms with Crippen molar-refractivity contribution in [1.29, 1.82) is 0 Å². The molecule has 56 heavy (non-hydrogen) atoms. The lowest BCUT2D eigenvalue weighted by Crippen LogP contribution is -2.08. The predicted molar refractivity (Wildman–Crippen MR) is 230 cm³/mol. The standard InChI is InChI=1S/C51H33N5/c1-3-18-34(19-4-1)36-22-7-8-25-40(36)49-52-50(54-51(53-49)56-43-29-13-9-23-38(43)39-24-10-14-30-44(39)56)42-27-12-16-32-46(42)55-45-31-15-11-26-41(45)48-37(28-17-33-47(48)55)35-20-5-2-6-21-35/h1-33H. The highest BCUT2D eigenvalue weighted by atomic mass is 15.2. The Kier molecular flexibility index (Phi) is 7.42. The first-order valence-electron chi connectivity index (χ1n) is 18.9. The normalized spacial score (nSPS) is 11.6. The Balaban J connectivity index is 1.22. The number of fused-ring (bicyclic) bond motifs is 6. The third kappa shape index (κ3) is 5.06. The van der Waals surface area contributed by atoms with E-state index in [1.807, 2.05) is 6.07 Å². The second-order valence-corrected chi connectivity index (χ2v) is 14.0. The molecule has 0 aliphatic heterocycles. The van der Waals surface area contributed by atoms with E-state index in [0.717, 1.165) is 60.8 Å². The first-order chi connectivity index (χ1) is 27.8. The van der Waals surface area contributed by atoms with Gasteiger partial charge in [-0.3, -0.25) is 4.57 Å². The maximum Gasteiger partial charge on any atom is 0.238 e. The number of hydrogen-bond acceptors (Lipinski definition) is 3. The van der Waals surface area contributed by atoms with Crippen LogP contribution in [0.15, 0.2) is 200 Å². The number of hydrogen-bond donors (Lipinski definition) is 0. The van der Waals surface area contributed by atoms with Crippen LogP contribution < -0.4 is 0 Å². The van der Waals surface area contributed by atoms with Crippen LogP contribution in [0.25, 0.3) is 100 Å². The summed E-state index contributed by atoms with van der Waals surface area (Å²) >= 11 is 0. The van der Waals surface area contributed by atoms with Crippen LogP contribution in [0.3, 0.4) is 0 Å². The van der Waals surface area contributed by atoms with Gasteiger partial charge in [0.25, 0.3) is 0 Å². The summed E-state index contributed by atoms with van der Waals surface area (Å²) in [7, 11) is 0. The minimum atomic E-state index is 0.564. The van der Waals surface area contributed by atoms with Crippen molar-refractivity contribution >= 4 is 43.6 Å². The highest BCUT2D eigenvalue weighted by molar-refractivity contribution is 6.16. The Hall–Kier alpha value is -7.63. The summed E-state index contributed by atoms with van der Waals surface area (Å²) in [6.07, 6.45) is 0. The lowest BCUT2D eigenvalue weighted by Gasteiger charge is -2.16. The summed E-state index contributed by atoms with van der Waals surface area (Å²) in [6, 6.07) is 70.2. The molecule has 0 saturated heterocycles. The second-order valence-electron chi connectivity index (χ2n) is 14.0. The van der Waals surface area contributed by atoms with Crippen LogP contribution in [0.1, 0.15) is 0 Å². The van der Waals surface area contributed by atoms with Crippen molar-refractivity contribution in [3.8, 4) is 56.7 Å². The lowest BCUT2D eigenvalue weighted by molar-refractivity contribution is 0.952. The van der Waals surface area contributed by atoms with Crippen molar-refractivity contribution in [3.05, 3.63) is 200 Å². The smallest absolute Gasteiger partial charge is 0.238 e. The third-order valence-electron chi connectivity index (χ3n) is 10.8. The van der Waals surface area contributed by atoms with Gasteiger partial charge < -0.3 is 4.57 Å². The Bertz CT molecular complexity index is 3200. The molecule has 3 heterocycles. The molecule has 8 aromatic carbocycles. The lowest BCUT2D eigenvalue weighted by atomic mass is 9.99. The molecule has 5 nitrogen and oxygen atoms in total. The Morgan fingerprint density at radius 3 is 1.39 bits per heavy atom. The van der Waals surface area contributed by atoms with Gasteiger partial charge in [0.15, 0.2) is 11.6 Å². The van der Waals surface area contributed by atoms with Crippen LogP contribution in [0.4, 0.5) is 0 Å². The SMILES string of the molecule is c1ccc(-c2ccccc2-c2nc(-c3ccccc3-n3c4ccccc4c4c(-c5ccccc5)cccc43)nc(-n3c4ccccc4c4ccccc43)n2)cc1. The number of benzene rings is 8. The fraction of sp³-hybridized carbons (Fsp3) is 0. The van der Waals surface area contributed by atoms with Crippen molar-refractivity contribution in [2.45, 2.75) is 0 Å². The Morgan fingerprint density at radius 2 is 0.732 bits per heavy atom. The molecule has 0 bridgehead atoms. The fourth-order valence-electron chi connectivity index (χ4n) is 8.39. The highest BCUT2D eigenvalue weighted by Gasteiger charge is 2.23. The Labute approximate surface area is 323 Å². The molecule has 262 valence electrons. The van der Waals surface area contributed by atoms with Gasteiger partial charge in [0, 0.05) is 32.7 Å². The van der Waals surface area contributed by atoms with Crippen molar-refractivity contribution in [1.82, 2.24) is 24.1 Å². The molecule has 0 N–H and O–H groups in total. The molecule has 0 aliphatic carbocycles. The van der Waals surface area contributed by atoms with Gasteiger partial charge in [0.1, 0.15) is 0 Å². The molecule has 11 aromatic rings. The highest BCUT2D eigenvalue weighted by Crippen LogP contribution is 2.41. The zero-order valence-corrected chi connectivity index (χ0v) is 30.3. The van der Waals surface area contributed by atoms with E-state index in [2.05, 4.69) is 203 Å². The molecule has 0 saturated carbocycles. The predicted octanol–water partition coefficient (Wildman–Crippen LogP) is 12.7. The number of nitrogens with zero attached hydrogens (tertiary/aromatic N) is 5. The molecule has 0 fully saturated rings. The monoisotopic (exact) mass is 715 g/mol. The van der Waals surface area contributed by atoms with Crippen LogP contribution in [0.5, 0.6) is 0 Å².